The van der Waals surface area contributed by atoms with Crippen molar-refractivity contribution in [3.05, 3.63) is 179 Å². The average Bonchev–Trinajstić information content (AvgIpc) is 3.72. The summed E-state index contributed by atoms with van der Waals surface area (Å²) in [5, 5.41) is 30.3. The minimum atomic E-state index is -1.24. The van der Waals surface area contributed by atoms with Crippen LogP contribution in [0.4, 0.5) is 0 Å². The molecule has 0 aliphatic heterocycles. The summed E-state index contributed by atoms with van der Waals surface area (Å²) in [6.45, 7) is 10.6. The fraction of sp³-hybridized carbons (Fsp3) is 0.102. The van der Waals surface area contributed by atoms with Gasteiger partial charge >= 0.3 is 0 Å². The van der Waals surface area contributed by atoms with E-state index in [0.717, 1.165) is 105 Å². The van der Waals surface area contributed by atoms with Gasteiger partial charge in [0, 0.05) is 22.1 Å². The molecule has 2 atom stereocenters. The third kappa shape index (κ3) is 4.09. The normalized spacial score (nSPS) is 18.6. The second kappa shape index (κ2) is 10.8. The molecule has 0 bridgehead atoms. The Hall–Kier alpha value is -6.00. The number of rotatable bonds is 4. The lowest BCUT2D eigenvalue weighted by atomic mass is 9.82. The molecule has 3 nitrogen and oxygen atoms in total. The first-order chi connectivity index (χ1) is 25.2. The molecule has 3 heteroatoms. The summed E-state index contributed by atoms with van der Waals surface area (Å²) in [4.78, 5) is 0. The second-order valence-electron chi connectivity index (χ2n) is 14.6. The quantitative estimate of drug-likeness (QED) is 0.196. The number of furan rings is 1. The van der Waals surface area contributed by atoms with E-state index in [9.17, 15) is 10.2 Å². The van der Waals surface area contributed by atoms with E-state index in [1.165, 1.54) is 0 Å². The van der Waals surface area contributed by atoms with E-state index in [4.69, 9.17) is 11.0 Å². The predicted octanol–water partition coefficient (Wildman–Crippen LogP) is 12.0. The monoisotopic (exact) mass is 672 g/mol. The Morgan fingerprint density at radius 1 is 0.577 bits per heavy atom. The van der Waals surface area contributed by atoms with Crippen LogP contribution in [-0.2, 0) is 11.2 Å². The third-order valence-electron chi connectivity index (χ3n) is 11.5. The van der Waals surface area contributed by atoms with Gasteiger partial charge in [-0.15, -0.1) is 0 Å². The lowest BCUT2D eigenvalue weighted by molar-refractivity contribution is 0.107. The largest absolute Gasteiger partial charge is 0.456 e. The minimum Gasteiger partial charge on any atom is -0.456 e. The molecule has 7 aromatic carbocycles. The molecule has 1 heterocycles. The Morgan fingerprint density at radius 3 is 1.65 bits per heavy atom. The van der Waals surface area contributed by atoms with E-state index in [2.05, 4.69) is 97.1 Å². The lowest BCUT2D eigenvalue weighted by Gasteiger charge is -2.25. The Morgan fingerprint density at radius 2 is 1.06 bits per heavy atom. The van der Waals surface area contributed by atoms with Gasteiger partial charge in [-0.25, -0.2) is 0 Å². The van der Waals surface area contributed by atoms with Gasteiger partial charge in [0.1, 0.15) is 22.5 Å². The summed E-state index contributed by atoms with van der Waals surface area (Å²) in [5.41, 5.74) is 10.3. The Labute approximate surface area is 302 Å². The molecule has 2 aliphatic carbocycles. The molecule has 2 aliphatic rings. The molecule has 10 rings (SSSR count). The van der Waals surface area contributed by atoms with E-state index in [-0.39, 0.29) is 0 Å². The van der Waals surface area contributed by atoms with Gasteiger partial charge < -0.3 is 14.6 Å². The number of hydrogen-bond acceptors (Lipinski definition) is 3. The van der Waals surface area contributed by atoms with Crippen LogP contribution >= 0.6 is 0 Å². The summed E-state index contributed by atoms with van der Waals surface area (Å²) in [6.07, 6.45) is 3.97. The SMILES string of the molecule is C=C(c1cccc2c1C(C)(O)c1cc3ccccc3cc1-2)c1c(/C=C\C)oc2cccc(-c3cccc4c3C(C)(O)c3cc5ccccc5cc3-4)c12. The van der Waals surface area contributed by atoms with Crippen molar-refractivity contribution in [2.45, 2.75) is 32.0 Å². The van der Waals surface area contributed by atoms with Crippen molar-refractivity contribution in [3.8, 4) is 33.4 Å². The van der Waals surface area contributed by atoms with Crippen molar-refractivity contribution in [1.82, 2.24) is 0 Å². The van der Waals surface area contributed by atoms with Crippen molar-refractivity contribution >= 4 is 44.2 Å². The van der Waals surface area contributed by atoms with Gasteiger partial charge in [0.05, 0.1) is 0 Å². The van der Waals surface area contributed by atoms with Crippen LogP contribution < -0.4 is 0 Å². The zero-order valence-corrected chi connectivity index (χ0v) is 29.3. The van der Waals surface area contributed by atoms with Crippen LogP contribution in [0.25, 0.3) is 77.5 Å². The third-order valence-corrected chi connectivity index (χ3v) is 11.5. The zero-order chi connectivity index (χ0) is 35.5. The fourth-order valence-electron chi connectivity index (χ4n) is 9.17. The van der Waals surface area contributed by atoms with E-state index in [1.54, 1.807) is 0 Å². The smallest absolute Gasteiger partial charge is 0.136 e. The van der Waals surface area contributed by atoms with Crippen molar-refractivity contribution < 1.29 is 14.6 Å². The number of benzene rings is 7. The van der Waals surface area contributed by atoms with Gasteiger partial charge in [0.15, 0.2) is 0 Å². The van der Waals surface area contributed by atoms with E-state index in [0.29, 0.717) is 5.76 Å². The van der Waals surface area contributed by atoms with Gasteiger partial charge in [-0.3, -0.25) is 0 Å². The van der Waals surface area contributed by atoms with E-state index in [1.807, 2.05) is 63.3 Å². The molecule has 0 saturated carbocycles. The van der Waals surface area contributed by atoms with Crippen molar-refractivity contribution in [3.63, 3.8) is 0 Å². The standard InChI is InChI=1S/C49H36O3/c1-5-13-42-44(28(2)33-18-10-21-36-38-24-29-14-6-8-16-31(29)26-40(38)48(3,50)46(33)36)45-34(19-12-23-43(45)52-42)35-20-11-22-37-39-25-30-15-7-9-17-32(30)27-41(39)49(4,51)47(35)37/h5-27,50-51H,2H2,1,3-4H3/b13-5-. The first-order valence-electron chi connectivity index (χ1n) is 17.9. The van der Waals surface area contributed by atoms with Gasteiger partial charge in [0.2, 0.25) is 0 Å². The summed E-state index contributed by atoms with van der Waals surface area (Å²) >= 11 is 0. The van der Waals surface area contributed by atoms with Crippen molar-refractivity contribution in [1.29, 1.82) is 0 Å². The molecule has 0 amide bonds. The fourth-order valence-corrected chi connectivity index (χ4v) is 9.17. The van der Waals surface area contributed by atoms with Crippen LogP contribution in [0.3, 0.4) is 0 Å². The van der Waals surface area contributed by atoms with Crippen LogP contribution in [0.15, 0.2) is 144 Å². The Balaban J connectivity index is 1.21. The molecule has 2 unspecified atom stereocenters. The number of allylic oxidation sites excluding steroid dienone is 1. The molecule has 250 valence electrons. The van der Waals surface area contributed by atoms with Crippen molar-refractivity contribution in [2.24, 2.45) is 0 Å². The second-order valence-corrected chi connectivity index (χ2v) is 14.6. The first-order valence-corrected chi connectivity index (χ1v) is 17.9. The lowest BCUT2D eigenvalue weighted by Crippen LogP contribution is -2.21. The number of aliphatic hydroxyl groups is 2. The molecule has 0 radical (unpaired) electrons. The van der Waals surface area contributed by atoms with Gasteiger partial charge in [0.25, 0.3) is 0 Å². The number of fused-ring (bicyclic) bond motifs is 9. The van der Waals surface area contributed by atoms with Crippen molar-refractivity contribution in [2.75, 3.05) is 0 Å². The minimum absolute atomic E-state index is 0.697. The van der Waals surface area contributed by atoms with Crippen LogP contribution in [0.1, 0.15) is 59.9 Å². The average molecular weight is 673 g/mol. The number of hydrogen-bond donors (Lipinski definition) is 2. The van der Waals surface area contributed by atoms with Gasteiger partial charge in [-0.05, 0) is 134 Å². The molecule has 2 N–H and O–H groups in total. The van der Waals surface area contributed by atoms with Crippen LogP contribution in [0, 0.1) is 0 Å². The summed E-state index contributed by atoms with van der Waals surface area (Å²) in [6, 6.07) is 43.9. The summed E-state index contributed by atoms with van der Waals surface area (Å²) < 4.78 is 6.64. The van der Waals surface area contributed by atoms with Crippen LogP contribution in [0.2, 0.25) is 0 Å². The zero-order valence-electron chi connectivity index (χ0n) is 29.3. The molecule has 52 heavy (non-hydrogen) atoms. The van der Waals surface area contributed by atoms with Gasteiger partial charge in [-0.2, -0.15) is 0 Å². The Bertz CT molecular complexity index is 2880. The first kappa shape index (κ1) is 30.8. The highest BCUT2D eigenvalue weighted by atomic mass is 16.3. The molecule has 1 aromatic heterocycles. The maximum atomic E-state index is 12.5. The molecular formula is C49H36O3. The highest BCUT2D eigenvalue weighted by Gasteiger charge is 2.42. The molecule has 0 spiro atoms. The highest BCUT2D eigenvalue weighted by molar-refractivity contribution is 6.09. The summed E-state index contributed by atoms with van der Waals surface area (Å²) in [7, 11) is 0. The maximum absolute atomic E-state index is 12.5. The van der Waals surface area contributed by atoms with E-state index >= 15 is 0 Å². The molecule has 0 saturated heterocycles. The maximum Gasteiger partial charge on any atom is 0.136 e. The summed E-state index contributed by atoms with van der Waals surface area (Å²) in [5.74, 6) is 0.697. The Kier molecular flexibility index (Phi) is 6.37. The molecule has 8 aromatic rings. The predicted molar refractivity (Wildman–Crippen MR) is 214 cm³/mol. The molecular weight excluding hydrogens is 637 g/mol. The van der Waals surface area contributed by atoms with E-state index < -0.39 is 11.2 Å². The highest BCUT2D eigenvalue weighted by Crippen LogP contribution is 2.55. The molecule has 0 fully saturated rings. The van der Waals surface area contributed by atoms with Crippen LogP contribution in [-0.4, -0.2) is 10.2 Å². The van der Waals surface area contributed by atoms with Gasteiger partial charge in [-0.1, -0.05) is 110 Å². The topological polar surface area (TPSA) is 53.6 Å². The van der Waals surface area contributed by atoms with Crippen LogP contribution in [0.5, 0.6) is 0 Å².